The standard InChI is InChI=1S/C8H18N2/c1-3-10(4-2)8-6-5-7-9/h5-6H,3-4,7-9H2,1-2H3/b6-5+. The fourth-order valence-electron chi connectivity index (χ4n) is 0.802. The molecule has 2 heteroatoms. The van der Waals surface area contributed by atoms with E-state index in [-0.39, 0.29) is 0 Å². The highest BCUT2D eigenvalue weighted by molar-refractivity contribution is 4.84. The molecule has 0 atom stereocenters. The average Bonchev–Trinajstić information content (AvgIpc) is 1.99. The van der Waals surface area contributed by atoms with Gasteiger partial charge in [0.25, 0.3) is 0 Å². The summed E-state index contributed by atoms with van der Waals surface area (Å²) in [5.41, 5.74) is 5.29. The lowest BCUT2D eigenvalue weighted by Crippen LogP contribution is -2.22. The molecule has 0 saturated heterocycles. The van der Waals surface area contributed by atoms with E-state index in [1.54, 1.807) is 0 Å². The summed E-state index contributed by atoms with van der Waals surface area (Å²) in [6, 6.07) is 0. The van der Waals surface area contributed by atoms with Crippen LogP contribution in [0.3, 0.4) is 0 Å². The molecule has 0 aliphatic rings. The Balaban J connectivity index is 3.34. The van der Waals surface area contributed by atoms with Crippen LogP contribution in [0.4, 0.5) is 0 Å². The summed E-state index contributed by atoms with van der Waals surface area (Å²) in [6.45, 7) is 8.25. The normalized spacial score (nSPS) is 11.6. The first-order chi connectivity index (χ1) is 4.85. The van der Waals surface area contributed by atoms with Gasteiger partial charge in [0.2, 0.25) is 0 Å². The molecule has 0 radical (unpaired) electrons. The molecule has 0 aromatic carbocycles. The van der Waals surface area contributed by atoms with E-state index in [0.717, 1.165) is 19.6 Å². The monoisotopic (exact) mass is 142 g/mol. The van der Waals surface area contributed by atoms with E-state index in [4.69, 9.17) is 5.73 Å². The van der Waals surface area contributed by atoms with Crippen LogP contribution in [0.15, 0.2) is 12.2 Å². The smallest absolute Gasteiger partial charge is 0.0163 e. The lowest BCUT2D eigenvalue weighted by molar-refractivity contribution is 0.337. The van der Waals surface area contributed by atoms with Crippen LogP contribution in [0, 0.1) is 0 Å². The van der Waals surface area contributed by atoms with Crippen LogP contribution < -0.4 is 5.73 Å². The minimum absolute atomic E-state index is 0.654. The molecular formula is C8H18N2. The van der Waals surface area contributed by atoms with Crippen LogP contribution >= 0.6 is 0 Å². The molecule has 0 unspecified atom stereocenters. The predicted octanol–water partition coefficient (Wildman–Crippen LogP) is 0.843. The molecule has 0 saturated carbocycles. The quantitative estimate of drug-likeness (QED) is 0.576. The second-order valence-corrected chi connectivity index (χ2v) is 2.19. The van der Waals surface area contributed by atoms with Crippen LogP contribution in [-0.4, -0.2) is 31.1 Å². The van der Waals surface area contributed by atoms with E-state index >= 15 is 0 Å². The molecule has 0 heterocycles. The van der Waals surface area contributed by atoms with Crippen LogP contribution in [0.2, 0.25) is 0 Å². The van der Waals surface area contributed by atoms with Crippen molar-refractivity contribution in [3.05, 3.63) is 12.2 Å². The number of hydrogen-bond donors (Lipinski definition) is 1. The predicted molar refractivity (Wildman–Crippen MR) is 46.0 cm³/mol. The zero-order valence-corrected chi connectivity index (χ0v) is 7.01. The Morgan fingerprint density at radius 1 is 1.20 bits per heavy atom. The van der Waals surface area contributed by atoms with Crippen molar-refractivity contribution in [2.45, 2.75) is 13.8 Å². The van der Waals surface area contributed by atoms with Crippen molar-refractivity contribution in [3.63, 3.8) is 0 Å². The minimum Gasteiger partial charge on any atom is -0.327 e. The lowest BCUT2D eigenvalue weighted by atomic mass is 10.4. The molecule has 0 spiro atoms. The third-order valence-electron chi connectivity index (χ3n) is 1.56. The van der Waals surface area contributed by atoms with Gasteiger partial charge >= 0.3 is 0 Å². The first-order valence-corrected chi connectivity index (χ1v) is 3.92. The fourth-order valence-corrected chi connectivity index (χ4v) is 0.802. The summed E-state index contributed by atoms with van der Waals surface area (Å²) >= 11 is 0. The summed E-state index contributed by atoms with van der Waals surface area (Å²) < 4.78 is 0. The Morgan fingerprint density at radius 2 is 1.80 bits per heavy atom. The van der Waals surface area contributed by atoms with Crippen LogP contribution in [0.25, 0.3) is 0 Å². The number of nitrogens with zero attached hydrogens (tertiary/aromatic N) is 1. The van der Waals surface area contributed by atoms with Crippen molar-refractivity contribution in [1.29, 1.82) is 0 Å². The van der Waals surface area contributed by atoms with Gasteiger partial charge in [-0.15, -0.1) is 0 Å². The Hall–Kier alpha value is -0.340. The number of nitrogens with two attached hydrogens (primary N) is 1. The van der Waals surface area contributed by atoms with Gasteiger partial charge in [0, 0.05) is 13.1 Å². The topological polar surface area (TPSA) is 29.3 Å². The van der Waals surface area contributed by atoms with Gasteiger partial charge < -0.3 is 10.6 Å². The third-order valence-corrected chi connectivity index (χ3v) is 1.56. The van der Waals surface area contributed by atoms with Gasteiger partial charge in [-0.25, -0.2) is 0 Å². The molecule has 10 heavy (non-hydrogen) atoms. The summed E-state index contributed by atoms with van der Waals surface area (Å²) in [5.74, 6) is 0. The largest absolute Gasteiger partial charge is 0.327 e. The Bertz CT molecular complexity index is 85.3. The van der Waals surface area contributed by atoms with Gasteiger partial charge in [0.05, 0.1) is 0 Å². The molecule has 0 aliphatic heterocycles. The van der Waals surface area contributed by atoms with Crippen molar-refractivity contribution < 1.29 is 0 Å². The number of hydrogen-bond acceptors (Lipinski definition) is 2. The van der Waals surface area contributed by atoms with E-state index < -0.39 is 0 Å². The molecule has 0 bridgehead atoms. The van der Waals surface area contributed by atoms with E-state index in [2.05, 4.69) is 24.8 Å². The fraction of sp³-hybridized carbons (Fsp3) is 0.750. The van der Waals surface area contributed by atoms with Gasteiger partial charge in [0.1, 0.15) is 0 Å². The first kappa shape index (κ1) is 9.66. The van der Waals surface area contributed by atoms with Gasteiger partial charge in [-0.2, -0.15) is 0 Å². The highest BCUT2D eigenvalue weighted by Crippen LogP contribution is 1.85. The highest BCUT2D eigenvalue weighted by Gasteiger charge is 1.92. The highest BCUT2D eigenvalue weighted by atomic mass is 15.1. The van der Waals surface area contributed by atoms with E-state index in [0.29, 0.717) is 6.54 Å². The second-order valence-electron chi connectivity index (χ2n) is 2.19. The zero-order valence-electron chi connectivity index (χ0n) is 7.01. The van der Waals surface area contributed by atoms with E-state index in [1.807, 2.05) is 6.08 Å². The summed E-state index contributed by atoms with van der Waals surface area (Å²) in [5, 5.41) is 0. The Labute approximate surface area is 63.7 Å². The second kappa shape index (κ2) is 6.78. The Morgan fingerprint density at radius 3 is 2.20 bits per heavy atom. The maximum atomic E-state index is 5.29. The maximum absolute atomic E-state index is 5.29. The van der Waals surface area contributed by atoms with Crippen molar-refractivity contribution in [2.24, 2.45) is 5.73 Å². The van der Waals surface area contributed by atoms with Crippen LogP contribution in [-0.2, 0) is 0 Å². The first-order valence-electron chi connectivity index (χ1n) is 3.92. The van der Waals surface area contributed by atoms with E-state index in [1.165, 1.54) is 0 Å². The van der Waals surface area contributed by atoms with Crippen molar-refractivity contribution >= 4 is 0 Å². The molecule has 2 nitrogen and oxygen atoms in total. The van der Waals surface area contributed by atoms with Gasteiger partial charge in [-0.05, 0) is 13.1 Å². The molecular weight excluding hydrogens is 124 g/mol. The average molecular weight is 142 g/mol. The number of rotatable bonds is 5. The molecule has 0 amide bonds. The molecule has 0 rings (SSSR count). The summed E-state index contributed by atoms with van der Waals surface area (Å²) in [7, 11) is 0. The lowest BCUT2D eigenvalue weighted by Gasteiger charge is -2.14. The van der Waals surface area contributed by atoms with Crippen molar-refractivity contribution in [3.8, 4) is 0 Å². The molecule has 0 aromatic rings. The van der Waals surface area contributed by atoms with Gasteiger partial charge in [-0.1, -0.05) is 26.0 Å². The van der Waals surface area contributed by atoms with Crippen molar-refractivity contribution in [2.75, 3.05) is 26.2 Å². The van der Waals surface area contributed by atoms with Crippen molar-refractivity contribution in [1.82, 2.24) is 4.90 Å². The Kier molecular flexibility index (Phi) is 6.55. The summed E-state index contributed by atoms with van der Waals surface area (Å²) in [4.78, 5) is 2.34. The molecule has 2 N–H and O–H groups in total. The van der Waals surface area contributed by atoms with Gasteiger partial charge in [-0.3, -0.25) is 0 Å². The van der Waals surface area contributed by atoms with E-state index in [9.17, 15) is 0 Å². The molecule has 0 aromatic heterocycles. The minimum atomic E-state index is 0.654. The molecule has 0 fully saturated rings. The maximum Gasteiger partial charge on any atom is 0.0163 e. The zero-order chi connectivity index (χ0) is 7.82. The molecule has 0 aliphatic carbocycles. The summed E-state index contributed by atoms with van der Waals surface area (Å²) in [6.07, 6.45) is 4.12. The van der Waals surface area contributed by atoms with Gasteiger partial charge in [0.15, 0.2) is 0 Å². The van der Waals surface area contributed by atoms with Crippen LogP contribution in [0.5, 0.6) is 0 Å². The SMILES string of the molecule is CCN(CC)C/C=C/CN. The number of likely N-dealkylation sites (N-methyl/N-ethyl adjacent to an activating group) is 1. The van der Waals surface area contributed by atoms with Crippen LogP contribution in [0.1, 0.15) is 13.8 Å². The third kappa shape index (κ3) is 4.53. The molecule has 60 valence electrons.